The number of rotatable bonds is 6. The SMILES string of the molecule is CC(O)CCCN(C)CCC(F)(F)F. The molecule has 0 saturated heterocycles. The molecule has 0 heterocycles. The van der Waals surface area contributed by atoms with Gasteiger partial charge < -0.3 is 10.0 Å². The monoisotopic (exact) mass is 213 g/mol. The third kappa shape index (κ3) is 9.80. The fraction of sp³-hybridized carbons (Fsp3) is 1.00. The minimum absolute atomic E-state index is 0.0311. The molecule has 2 nitrogen and oxygen atoms in total. The predicted octanol–water partition coefficient (Wildman–Crippen LogP) is 2.03. The summed E-state index contributed by atoms with van der Waals surface area (Å²) < 4.78 is 35.4. The summed E-state index contributed by atoms with van der Waals surface area (Å²) in [6.45, 7) is 2.31. The fourth-order valence-electron chi connectivity index (χ4n) is 1.09. The van der Waals surface area contributed by atoms with Gasteiger partial charge in [0.05, 0.1) is 12.5 Å². The second kappa shape index (κ2) is 6.24. The molecule has 0 aromatic heterocycles. The van der Waals surface area contributed by atoms with Crippen molar-refractivity contribution in [2.45, 2.75) is 38.5 Å². The molecule has 0 aromatic carbocycles. The lowest BCUT2D eigenvalue weighted by atomic mass is 10.2. The Morgan fingerprint density at radius 3 is 2.29 bits per heavy atom. The molecule has 0 radical (unpaired) electrons. The Labute approximate surface area is 82.7 Å². The minimum atomic E-state index is -4.07. The lowest BCUT2D eigenvalue weighted by molar-refractivity contribution is -0.137. The lowest BCUT2D eigenvalue weighted by Crippen LogP contribution is -2.25. The molecule has 1 atom stereocenters. The first-order valence-corrected chi connectivity index (χ1v) is 4.74. The Balaban J connectivity index is 3.42. The predicted molar refractivity (Wildman–Crippen MR) is 49.1 cm³/mol. The molecule has 0 aliphatic carbocycles. The van der Waals surface area contributed by atoms with Gasteiger partial charge in [-0.25, -0.2) is 0 Å². The Bertz CT molecular complexity index is 147. The van der Waals surface area contributed by atoms with Gasteiger partial charge in [0.2, 0.25) is 0 Å². The van der Waals surface area contributed by atoms with Crippen LogP contribution in [0.4, 0.5) is 13.2 Å². The zero-order valence-electron chi connectivity index (χ0n) is 8.64. The Kier molecular flexibility index (Phi) is 6.11. The van der Waals surface area contributed by atoms with Gasteiger partial charge in [-0.15, -0.1) is 0 Å². The maximum atomic E-state index is 11.8. The molecule has 86 valence electrons. The molecule has 0 spiro atoms. The van der Waals surface area contributed by atoms with Gasteiger partial charge in [-0.3, -0.25) is 0 Å². The molecule has 0 aliphatic heterocycles. The van der Waals surface area contributed by atoms with E-state index in [9.17, 15) is 13.2 Å². The van der Waals surface area contributed by atoms with E-state index >= 15 is 0 Å². The van der Waals surface area contributed by atoms with E-state index in [-0.39, 0.29) is 12.6 Å². The quantitative estimate of drug-likeness (QED) is 0.729. The number of halogens is 3. The summed E-state index contributed by atoms with van der Waals surface area (Å²) in [5, 5.41) is 8.93. The molecule has 1 unspecified atom stereocenters. The molecule has 1 N–H and O–H groups in total. The second-order valence-corrected chi connectivity index (χ2v) is 3.66. The number of nitrogens with zero attached hydrogens (tertiary/aromatic N) is 1. The molecule has 0 rings (SSSR count). The van der Waals surface area contributed by atoms with Crippen molar-refractivity contribution in [2.24, 2.45) is 0 Å². The molecule has 0 aromatic rings. The van der Waals surface area contributed by atoms with E-state index in [4.69, 9.17) is 5.11 Å². The summed E-state index contributed by atoms with van der Waals surface area (Å²) >= 11 is 0. The van der Waals surface area contributed by atoms with E-state index in [0.717, 1.165) is 6.42 Å². The lowest BCUT2D eigenvalue weighted by Gasteiger charge is -2.17. The Morgan fingerprint density at radius 1 is 1.29 bits per heavy atom. The normalized spacial score (nSPS) is 14.8. The van der Waals surface area contributed by atoms with Gasteiger partial charge >= 0.3 is 6.18 Å². The van der Waals surface area contributed by atoms with Crippen LogP contribution < -0.4 is 0 Å². The van der Waals surface area contributed by atoms with Crippen molar-refractivity contribution >= 4 is 0 Å². The molecular formula is C9H18F3NO. The maximum Gasteiger partial charge on any atom is 0.390 e. The van der Waals surface area contributed by atoms with Crippen LogP contribution >= 0.6 is 0 Å². The molecule has 0 aliphatic rings. The summed E-state index contributed by atoms with van der Waals surface area (Å²) in [6, 6.07) is 0. The first-order chi connectivity index (χ1) is 6.31. The van der Waals surface area contributed by atoms with Crippen molar-refractivity contribution in [3.8, 4) is 0 Å². The summed E-state index contributed by atoms with van der Waals surface area (Å²) in [5.74, 6) is 0. The number of hydrogen-bond acceptors (Lipinski definition) is 2. The third-order valence-electron chi connectivity index (χ3n) is 1.94. The van der Waals surface area contributed by atoms with Crippen LogP contribution in [0.1, 0.15) is 26.2 Å². The molecule has 5 heteroatoms. The Morgan fingerprint density at radius 2 is 1.86 bits per heavy atom. The largest absolute Gasteiger partial charge is 0.393 e. The summed E-state index contributed by atoms with van der Waals surface area (Å²) in [6.07, 6.45) is -3.84. The number of aliphatic hydroxyl groups excluding tert-OH is 1. The van der Waals surface area contributed by atoms with Crippen molar-refractivity contribution in [2.75, 3.05) is 20.1 Å². The summed E-state index contributed by atoms with van der Waals surface area (Å²) in [5.41, 5.74) is 0. The van der Waals surface area contributed by atoms with E-state index < -0.39 is 12.6 Å². The topological polar surface area (TPSA) is 23.5 Å². The van der Waals surface area contributed by atoms with Gasteiger partial charge in [0, 0.05) is 6.54 Å². The Hall–Kier alpha value is -0.290. The van der Waals surface area contributed by atoms with Crippen LogP contribution in [-0.4, -0.2) is 42.4 Å². The van der Waals surface area contributed by atoms with Crippen molar-refractivity contribution in [1.82, 2.24) is 4.90 Å². The minimum Gasteiger partial charge on any atom is -0.393 e. The summed E-state index contributed by atoms with van der Waals surface area (Å²) in [7, 11) is 1.66. The smallest absolute Gasteiger partial charge is 0.390 e. The van der Waals surface area contributed by atoms with E-state index in [0.29, 0.717) is 13.0 Å². The zero-order chi connectivity index (χ0) is 11.2. The number of aliphatic hydroxyl groups is 1. The van der Waals surface area contributed by atoms with Gasteiger partial charge in [-0.05, 0) is 33.4 Å². The van der Waals surface area contributed by atoms with E-state index in [1.807, 2.05) is 0 Å². The maximum absolute atomic E-state index is 11.8. The molecule has 0 saturated carbocycles. The van der Waals surface area contributed by atoms with Crippen molar-refractivity contribution in [1.29, 1.82) is 0 Å². The van der Waals surface area contributed by atoms with Crippen LogP contribution in [0.15, 0.2) is 0 Å². The van der Waals surface area contributed by atoms with E-state index in [1.165, 1.54) is 0 Å². The van der Waals surface area contributed by atoms with Crippen molar-refractivity contribution in [3.63, 3.8) is 0 Å². The molecule has 14 heavy (non-hydrogen) atoms. The van der Waals surface area contributed by atoms with Gasteiger partial charge in [0.15, 0.2) is 0 Å². The standard InChI is InChI=1S/C9H18F3NO/c1-8(14)4-3-6-13(2)7-5-9(10,11)12/h8,14H,3-7H2,1-2H3. The average Bonchev–Trinajstić information content (AvgIpc) is 1.99. The van der Waals surface area contributed by atoms with Crippen molar-refractivity contribution < 1.29 is 18.3 Å². The van der Waals surface area contributed by atoms with Crippen LogP contribution in [0, 0.1) is 0 Å². The first-order valence-electron chi connectivity index (χ1n) is 4.74. The van der Waals surface area contributed by atoms with Crippen LogP contribution in [-0.2, 0) is 0 Å². The highest BCUT2D eigenvalue weighted by atomic mass is 19.4. The highest BCUT2D eigenvalue weighted by Crippen LogP contribution is 2.19. The van der Waals surface area contributed by atoms with Crippen LogP contribution in [0.3, 0.4) is 0 Å². The first kappa shape index (κ1) is 13.7. The second-order valence-electron chi connectivity index (χ2n) is 3.66. The van der Waals surface area contributed by atoms with Gasteiger partial charge in [0.25, 0.3) is 0 Å². The zero-order valence-corrected chi connectivity index (χ0v) is 8.64. The summed E-state index contributed by atoms with van der Waals surface area (Å²) in [4.78, 5) is 1.63. The molecular weight excluding hydrogens is 195 g/mol. The highest BCUT2D eigenvalue weighted by Gasteiger charge is 2.26. The molecule has 0 amide bonds. The highest BCUT2D eigenvalue weighted by molar-refractivity contribution is 4.58. The third-order valence-corrected chi connectivity index (χ3v) is 1.94. The van der Waals surface area contributed by atoms with Crippen LogP contribution in [0.25, 0.3) is 0 Å². The average molecular weight is 213 g/mol. The fourth-order valence-corrected chi connectivity index (χ4v) is 1.09. The number of alkyl halides is 3. The van der Waals surface area contributed by atoms with Crippen LogP contribution in [0.5, 0.6) is 0 Å². The number of hydrogen-bond donors (Lipinski definition) is 1. The van der Waals surface area contributed by atoms with Gasteiger partial charge in [-0.2, -0.15) is 13.2 Å². The van der Waals surface area contributed by atoms with E-state index in [1.54, 1.807) is 18.9 Å². The molecule has 0 fully saturated rings. The molecule has 0 bridgehead atoms. The van der Waals surface area contributed by atoms with Crippen molar-refractivity contribution in [3.05, 3.63) is 0 Å². The van der Waals surface area contributed by atoms with E-state index in [2.05, 4.69) is 0 Å². The van der Waals surface area contributed by atoms with Gasteiger partial charge in [-0.1, -0.05) is 0 Å². The van der Waals surface area contributed by atoms with Crippen LogP contribution in [0.2, 0.25) is 0 Å². The van der Waals surface area contributed by atoms with Gasteiger partial charge in [0.1, 0.15) is 0 Å².